The van der Waals surface area contributed by atoms with E-state index in [9.17, 15) is 9.18 Å². The molecule has 0 bridgehead atoms. The number of alkyl halides is 1. The molecular formula is C10H10BrFO2. The van der Waals surface area contributed by atoms with Crippen LogP contribution in [0.3, 0.4) is 0 Å². The van der Waals surface area contributed by atoms with Crippen molar-refractivity contribution in [2.45, 2.75) is 18.7 Å². The lowest BCUT2D eigenvalue weighted by atomic mass is 10.0. The summed E-state index contributed by atoms with van der Waals surface area (Å²) in [4.78, 5) is 10.5. The molecule has 0 amide bonds. The minimum absolute atomic E-state index is 0.139. The molecule has 0 saturated carbocycles. The summed E-state index contributed by atoms with van der Waals surface area (Å²) in [5.74, 6) is -1.33. The summed E-state index contributed by atoms with van der Waals surface area (Å²) < 4.78 is 13.0. The Morgan fingerprint density at radius 3 is 2.71 bits per heavy atom. The first-order chi connectivity index (χ1) is 6.54. The van der Waals surface area contributed by atoms with E-state index < -0.39 is 5.97 Å². The third-order valence-electron chi connectivity index (χ3n) is 2.01. The Balaban J connectivity index is 3.17. The number of aliphatic carboxylic acids is 1. The van der Waals surface area contributed by atoms with Crippen molar-refractivity contribution in [1.82, 2.24) is 0 Å². The van der Waals surface area contributed by atoms with Crippen molar-refractivity contribution in [3.8, 4) is 0 Å². The first kappa shape index (κ1) is 11.2. The fourth-order valence-corrected chi connectivity index (χ4v) is 2.16. The van der Waals surface area contributed by atoms with E-state index in [4.69, 9.17) is 5.11 Å². The molecule has 0 heterocycles. The predicted molar refractivity (Wildman–Crippen MR) is 55.1 cm³/mol. The minimum atomic E-state index is -0.947. The Bertz CT molecular complexity index is 363. The number of rotatable bonds is 3. The molecule has 0 fully saturated rings. The summed E-state index contributed by atoms with van der Waals surface area (Å²) in [6.45, 7) is 1.77. The molecule has 0 atom stereocenters. The summed E-state index contributed by atoms with van der Waals surface area (Å²) in [5, 5.41) is 9.17. The van der Waals surface area contributed by atoms with Gasteiger partial charge in [-0.25, -0.2) is 4.39 Å². The molecule has 0 aromatic heterocycles. The van der Waals surface area contributed by atoms with Crippen molar-refractivity contribution in [3.05, 3.63) is 34.6 Å². The van der Waals surface area contributed by atoms with Gasteiger partial charge < -0.3 is 5.11 Å². The largest absolute Gasteiger partial charge is 0.481 e. The van der Waals surface area contributed by atoms with Gasteiger partial charge in [0.1, 0.15) is 5.82 Å². The molecule has 0 aliphatic heterocycles. The molecule has 0 radical (unpaired) electrons. The summed E-state index contributed by atoms with van der Waals surface area (Å²) >= 11 is 3.26. The zero-order chi connectivity index (χ0) is 10.7. The standard InChI is InChI=1S/C10H10BrFO2/c1-6-2-8(12)3-7(4-10(13)14)9(6)5-11/h2-3H,4-5H2,1H3,(H,13,14). The molecule has 4 heteroatoms. The second-order valence-electron chi connectivity index (χ2n) is 3.06. The maximum absolute atomic E-state index is 13.0. The molecule has 0 aliphatic rings. The summed E-state index contributed by atoms with van der Waals surface area (Å²) in [7, 11) is 0. The van der Waals surface area contributed by atoms with E-state index in [1.165, 1.54) is 12.1 Å². The normalized spacial score (nSPS) is 10.2. The number of carbonyl (C=O) groups is 1. The van der Waals surface area contributed by atoms with Crippen LogP contribution < -0.4 is 0 Å². The quantitative estimate of drug-likeness (QED) is 0.849. The molecular weight excluding hydrogens is 251 g/mol. The molecule has 76 valence electrons. The van der Waals surface area contributed by atoms with Gasteiger partial charge in [-0.05, 0) is 35.7 Å². The smallest absolute Gasteiger partial charge is 0.307 e. The van der Waals surface area contributed by atoms with Crippen molar-refractivity contribution in [2.24, 2.45) is 0 Å². The molecule has 2 nitrogen and oxygen atoms in total. The topological polar surface area (TPSA) is 37.3 Å². The van der Waals surface area contributed by atoms with Crippen LogP contribution in [-0.2, 0) is 16.5 Å². The SMILES string of the molecule is Cc1cc(F)cc(CC(=O)O)c1CBr. The van der Waals surface area contributed by atoms with E-state index in [1.54, 1.807) is 6.92 Å². The van der Waals surface area contributed by atoms with Gasteiger partial charge in [0.2, 0.25) is 0 Å². The second kappa shape index (κ2) is 4.55. The van der Waals surface area contributed by atoms with Crippen LogP contribution in [0.25, 0.3) is 0 Å². The first-order valence-corrected chi connectivity index (χ1v) is 5.22. The Kier molecular flexibility index (Phi) is 3.63. The number of hydrogen-bond acceptors (Lipinski definition) is 1. The number of benzene rings is 1. The highest BCUT2D eigenvalue weighted by atomic mass is 79.9. The first-order valence-electron chi connectivity index (χ1n) is 4.10. The monoisotopic (exact) mass is 260 g/mol. The summed E-state index contributed by atoms with van der Waals surface area (Å²) in [5.41, 5.74) is 2.17. The molecule has 0 unspecified atom stereocenters. The molecule has 0 saturated heterocycles. The average molecular weight is 261 g/mol. The predicted octanol–water partition coefficient (Wildman–Crippen LogP) is 2.66. The Labute approximate surface area is 89.9 Å². The van der Waals surface area contributed by atoms with Crippen molar-refractivity contribution in [1.29, 1.82) is 0 Å². The lowest BCUT2D eigenvalue weighted by Crippen LogP contribution is -2.05. The summed E-state index contributed by atoms with van der Waals surface area (Å²) in [6.07, 6.45) is -0.139. The number of carboxylic acid groups (broad SMARTS) is 1. The van der Waals surface area contributed by atoms with Crippen LogP contribution in [0.15, 0.2) is 12.1 Å². The van der Waals surface area contributed by atoms with Gasteiger partial charge in [-0.1, -0.05) is 15.9 Å². The summed E-state index contributed by atoms with van der Waals surface area (Å²) in [6, 6.07) is 2.68. The van der Waals surface area contributed by atoms with Crippen LogP contribution >= 0.6 is 15.9 Å². The van der Waals surface area contributed by atoms with Crippen LogP contribution in [-0.4, -0.2) is 11.1 Å². The molecule has 1 N–H and O–H groups in total. The van der Waals surface area contributed by atoms with Crippen LogP contribution in [0.5, 0.6) is 0 Å². The zero-order valence-electron chi connectivity index (χ0n) is 7.68. The van der Waals surface area contributed by atoms with Crippen LogP contribution in [0.1, 0.15) is 16.7 Å². The van der Waals surface area contributed by atoms with E-state index in [2.05, 4.69) is 15.9 Å². The van der Waals surface area contributed by atoms with Crippen LogP contribution in [0.4, 0.5) is 4.39 Å². The molecule has 1 rings (SSSR count). The molecule has 1 aromatic carbocycles. The van der Waals surface area contributed by atoms with Crippen LogP contribution in [0, 0.1) is 12.7 Å². The number of carboxylic acids is 1. The van der Waals surface area contributed by atoms with Gasteiger partial charge in [0.15, 0.2) is 0 Å². The van der Waals surface area contributed by atoms with E-state index in [-0.39, 0.29) is 12.2 Å². The van der Waals surface area contributed by atoms with Gasteiger partial charge >= 0.3 is 5.97 Å². The van der Waals surface area contributed by atoms with E-state index in [0.717, 1.165) is 11.1 Å². The third kappa shape index (κ3) is 2.54. The van der Waals surface area contributed by atoms with Crippen molar-refractivity contribution in [3.63, 3.8) is 0 Å². The van der Waals surface area contributed by atoms with Gasteiger partial charge in [-0.2, -0.15) is 0 Å². The average Bonchev–Trinajstić information content (AvgIpc) is 2.01. The molecule has 0 spiro atoms. The Hall–Kier alpha value is -0.900. The highest BCUT2D eigenvalue weighted by Gasteiger charge is 2.10. The fourth-order valence-electron chi connectivity index (χ4n) is 1.35. The number of halogens is 2. The maximum Gasteiger partial charge on any atom is 0.307 e. The number of aryl methyl sites for hydroxylation is 1. The third-order valence-corrected chi connectivity index (χ3v) is 2.57. The molecule has 0 aliphatic carbocycles. The van der Waals surface area contributed by atoms with Gasteiger partial charge in [0.05, 0.1) is 6.42 Å². The van der Waals surface area contributed by atoms with Gasteiger partial charge in [0, 0.05) is 5.33 Å². The number of hydrogen-bond donors (Lipinski definition) is 1. The lowest BCUT2D eigenvalue weighted by Gasteiger charge is -2.08. The lowest BCUT2D eigenvalue weighted by molar-refractivity contribution is -0.136. The molecule has 14 heavy (non-hydrogen) atoms. The second-order valence-corrected chi connectivity index (χ2v) is 3.63. The van der Waals surface area contributed by atoms with Crippen molar-refractivity contribution in [2.75, 3.05) is 0 Å². The Morgan fingerprint density at radius 1 is 1.57 bits per heavy atom. The van der Waals surface area contributed by atoms with Gasteiger partial charge in [0.25, 0.3) is 0 Å². The van der Waals surface area contributed by atoms with Crippen molar-refractivity contribution < 1.29 is 14.3 Å². The zero-order valence-corrected chi connectivity index (χ0v) is 9.27. The van der Waals surface area contributed by atoms with E-state index in [0.29, 0.717) is 10.9 Å². The van der Waals surface area contributed by atoms with Gasteiger partial charge in [-0.15, -0.1) is 0 Å². The van der Waals surface area contributed by atoms with Crippen molar-refractivity contribution >= 4 is 21.9 Å². The van der Waals surface area contributed by atoms with Crippen LogP contribution in [0.2, 0.25) is 0 Å². The fraction of sp³-hybridized carbons (Fsp3) is 0.300. The minimum Gasteiger partial charge on any atom is -0.481 e. The van der Waals surface area contributed by atoms with Gasteiger partial charge in [-0.3, -0.25) is 4.79 Å². The Morgan fingerprint density at radius 2 is 2.21 bits per heavy atom. The molecule has 1 aromatic rings. The van der Waals surface area contributed by atoms with E-state index in [1.807, 2.05) is 0 Å². The highest BCUT2D eigenvalue weighted by molar-refractivity contribution is 9.08. The van der Waals surface area contributed by atoms with E-state index >= 15 is 0 Å². The highest BCUT2D eigenvalue weighted by Crippen LogP contribution is 2.20. The maximum atomic E-state index is 13.0.